The summed E-state index contributed by atoms with van der Waals surface area (Å²) < 4.78 is 0. The molecule has 4 aromatic rings. The van der Waals surface area contributed by atoms with Crippen LogP contribution in [0.25, 0.3) is 21.5 Å². The van der Waals surface area contributed by atoms with Gasteiger partial charge in [-0.15, -0.1) is 0 Å². The summed E-state index contributed by atoms with van der Waals surface area (Å²) >= 11 is 0. The third-order valence-electron chi connectivity index (χ3n) is 5.55. The molecule has 2 aliphatic heterocycles. The lowest BCUT2D eigenvalue weighted by Crippen LogP contribution is -2.22. The molecule has 2 aliphatic rings. The molecule has 0 unspecified atom stereocenters. The zero-order valence-electron chi connectivity index (χ0n) is 15.6. The minimum atomic E-state index is -0.112. The van der Waals surface area contributed by atoms with Crippen molar-refractivity contribution >= 4 is 62.1 Å². The molecular formula is C23H15N5O2. The van der Waals surface area contributed by atoms with E-state index in [4.69, 9.17) is 5.73 Å². The number of guanidine groups is 1. The van der Waals surface area contributed by atoms with Crippen molar-refractivity contribution in [1.29, 1.82) is 0 Å². The third-order valence-corrected chi connectivity index (χ3v) is 5.55. The highest BCUT2D eigenvalue weighted by atomic mass is 16.2. The van der Waals surface area contributed by atoms with Crippen LogP contribution in [0, 0.1) is 0 Å². The van der Waals surface area contributed by atoms with Gasteiger partial charge in [-0.2, -0.15) is 0 Å². The molecule has 4 aromatic carbocycles. The molecule has 0 radical (unpaired) electrons. The van der Waals surface area contributed by atoms with Crippen molar-refractivity contribution in [3.63, 3.8) is 0 Å². The molecule has 2 heterocycles. The van der Waals surface area contributed by atoms with Crippen LogP contribution in [0.5, 0.6) is 0 Å². The van der Waals surface area contributed by atoms with Crippen molar-refractivity contribution in [1.82, 2.24) is 0 Å². The second-order valence-corrected chi connectivity index (χ2v) is 7.28. The molecule has 0 saturated carbocycles. The number of amides is 2. The Morgan fingerprint density at radius 2 is 1.37 bits per heavy atom. The predicted octanol–water partition coefficient (Wildman–Crippen LogP) is 4.18. The maximum Gasteiger partial charge on any atom is 0.256 e. The fourth-order valence-electron chi connectivity index (χ4n) is 4.27. The summed E-state index contributed by atoms with van der Waals surface area (Å²) in [5, 5.41) is 12.3. The van der Waals surface area contributed by atoms with E-state index in [1.807, 2.05) is 48.5 Å². The van der Waals surface area contributed by atoms with Crippen LogP contribution in [0.1, 0.15) is 20.7 Å². The van der Waals surface area contributed by atoms with Gasteiger partial charge in [0.2, 0.25) is 0 Å². The molecule has 0 spiro atoms. The third kappa shape index (κ3) is 2.23. The normalized spacial score (nSPS) is 14.3. The number of carbonyl (C=O) groups is 2. The molecule has 7 nitrogen and oxygen atoms in total. The largest absolute Gasteiger partial charge is 0.369 e. The second-order valence-electron chi connectivity index (χ2n) is 7.28. The zero-order chi connectivity index (χ0) is 20.4. The van der Waals surface area contributed by atoms with Gasteiger partial charge < -0.3 is 21.7 Å². The maximum absolute atomic E-state index is 12.1. The van der Waals surface area contributed by atoms with E-state index >= 15 is 0 Å². The Morgan fingerprint density at radius 1 is 0.767 bits per heavy atom. The Balaban J connectivity index is 1.43. The van der Waals surface area contributed by atoms with Gasteiger partial charge in [0.25, 0.3) is 11.8 Å². The summed E-state index contributed by atoms with van der Waals surface area (Å²) in [5.41, 5.74) is 10.5. The lowest BCUT2D eigenvalue weighted by atomic mass is 10.0. The van der Waals surface area contributed by atoms with E-state index in [0.29, 0.717) is 16.8 Å². The van der Waals surface area contributed by atoms with Crippen LogP contribution in [-0.2, 0) is 0 Å². The number of nitrogens with one attached hydrogen (secondary N) is 3. The first-order valence-electron chi connectivity index (χ1n) is 9.45. The molecule has 0 saturated heterocycles. The van der Waals surface area contributed by atoms with Gasteiger partial charge in [0.15, 0.2) is 5.96 Å². The minimum Gasteiger partial charge on any atom is -0.369 e. The molecule has 0 fully saturated rings. The van der Waals surface area contributed by atoms with Crippen LogP contribution in [0.4, 0.5) is 22.7 Å². The predicted molar refractivity (Wildman–Crippen MR) is 119 cm³/mol. The van der Waals surface area contributed by atoms with Gasteiger partial charge in [-0.05, 0) is 36.4 Å². The number of nitrogens with two attached hydrogens (primary N) is 1. The summed E-state index contributed by atoms with van der Waals surface area (Å²) in [6, 6.07) is 18.5. The highest BCUT2D eigenvalue weighted by molar-refractivity contribution is 6.27. The Hall–Kier alpha value is -4.39. The van der Waals surface area contributed by atoms with Gasteiger partial charge >= 0.3 is 0 Å². The van der Waals surface area contributed by atoms with Gasteiger partial charge in [0.1, 0.15) is 0 Å². The molecule has 144 valence electrons. The fraction of sp³-hybridized carbons (Fsp3) is 0. The molecular weight excluding hydrogens is 378 g/mol. The van der Waals surface area contributed by atoms with Crippen LogP contribution < -0.4 is 21.7 Å². The molecule has 0 bridgehead atoms. The molecule has 30 heavy (non-hydrogen) atoms. The van der Waals surface area contributed by atoms with Gasteiger partial charge in [0, 0.05) is 49.7 Å². The number of hydrogen-bond donors (Lipinski definition) is 4. The second kappa shape index (κ2) is 5.81. The van der Waals surface area contributed by atoms with Crippen molar-refractivity contribution in [2.75, 3.05) is 16.0 Å². The zero-order valence-corrected chi connectivity index (χ0v) is 15.6. The van der Waals surface area contributed by atoms with Gasteiger partial charge in [-0.3, -0.25) is 9.59 Å². The smallest absolute Gasteiger partial charge is 0.256 e. The molecule has 7 heteroatoms. The Labute approximate surface area is 170 Å². The highest BCUT2D eigenvalue weighted by Crippen LogP contribution is 2.39. The first kappa shape index (κ1) is 16.6. The van der Waals surface area contributed by atoms with E-state index in [9.17, 15) is 9.59 Å². The van der Waals surface area contributed by atoms with Gasteiger partial charge in [-0.25, -0.2) is 4.99 Å². The monoisotopic (exact) mass is 393 g/mol. The van der Waals surface area contributed by atoms with E-state index < -0.39 is 0 Å². The Bertz CT molecular complexity index is 1470. The van der Waals surface area contributed by atoms with Crippen molar-refractivity contribution in [3.05, 3.63) is 71.8 Å². The van der Waals surface area contributed by atoms with Gasteiger partial charge in [0.05, 0.1) is 5.69 Å². The average molecular weight is 393 g/mol. The number of carbonyl (C=O) groups excluding carboxylic acids is 2. The number of rotatable bonds is 2. The van der Waals surface area contributed by atoms with Gasteiger partial charge in [-0.1, -0.05) is 24.3 Å². The van der Waals surface area contributed by atoms with E-state index in [-0.39, 0.29) is 17.8 Å². The maximum atomic E-state index is 12.1. The van der Waals surface area contributed by atoms with Crippen LogP contribution in [0.3, 0.4) is 0 Å². The van der Waals surface area contributed by atoms with Crippen molar-refractivity contribution in [2.45, 2.75) is 0 Å². The summed E-state index contributed by atoms with van der Waals surface area (Å²) in [7, 11) is 0. The summed E-state index contributed by atoms with van der Waals surface area (Å²) in [6.45, 7) is 0. The van der Waals surface area contributed by atoms with Crippen molar-refractivity contribution < 1.29 is 9.59 Å². The quantitative estimate of drug-likeness (QED) is 0.302. The summed E-state index contributed by atoms with van der Waals surface area (Å²) in [5.74, 6) is -0.00438. The number of benzene rings is 4. The van der Waals surface area contributed by atoms with Crippen LogP contribution in [0.15, 0.2) is 65.7 Å². The van der Waals surface area contributed by atoms with E-state index in [1.165, 1.54) is 0 Å². The van der Waals surface area contributed by atoms with Crippen molar-refractivity contribution in [2.24, 2.45) is 10.7 Å². The first-order valence-corrected chi connectivity index (χ1v) is 9.45. The van der Waals surface area contributed by atoms with E-state index in [2.05, 4.69) is 20.9 Å². The van der Waals surface area contributed by atoms with E-state index in [0.717, 1.165) is 38.6 Å². The molecule has 0 aromatic heterocycles. The molecule has 0 atom stereocenters. The molecule has 2 amide bonds. The standard InChI is InChI=1S/C23H15N5O2/c24-23(27-15-7-9-17-19-11(15)3-1-5-13(19)21(29)25-17)28-16-8-10-18-20-12(16)4-2-6-14(20)22(30)26-18/h1-10H,(H,25,29)(H,26,30)(H3,24,27,28). The van der Waals surface area contributed by atoms with E-state index in [1.54, 1.807) is 12.1 Å². The highest BCUT2D eigenvalue weighted by Gasteiger charge is 2.23. The summed E-state index contributed by atoms with van der Waals surface area (Å²) in [6.07, 6.45) is 0. The van der Waals surface area contributed by atoms with Crippen LogP contribution in [0.2, 0.25) is 0 Å². The number of anilines is 3. The number of aliphatic imine (C=N–C) groups is 1. The SMILES string of the molecule is NC(=Nc1ccc2c3c(cccc13)C(=O)N2)Nc1ccc2c3c(cccc13)C(=O)N2. The van der Waals surface area contributed by atoms with Crippen molar-refractivity contribution in [3.8, 4) is 0 Å². The molecule has 0 aliphatic carbocycles. The summed E-state index contributed by atoms with van der Waals surface area (Å²) in [4.78, 5) is 28.8. The average Bonchev–Trinajstić information content (AvgIpc) is 3.25. The van der Waals surface area contributed by atoms with Crippen LogP contribution >= 0.6 is 0 Å². The lowest BCUT2D eigenvalue weighted by Gasteiger charge is -2.11. The topological polar surface area (TPSA) is 109 Å². The minimum absolute atomic E-state index is 0.106. The fourth-order valence-corrected chi connectivity index (χ4v) is 4.27. The Morgan fingerprint density at radius 3 is 2.07 bits per heavy atom. The molecule has 5 N–H and O–H groups in total. The first-order chi connectivity index (χ1) is 14.6. The lowest BCUT2D eigenvalue weighted by molar-refractivity contribution is 0.102. The Kier molecular flexibility index (Phi) is 3.20. The molecule has 6 rings (SSSR count). The number of nitrogens with zero attached hydrogens (tertiary/aromatic N) is 1. The number of hydrogen-bond acceptors (Lipinski definition) is 3. The van der Waals surface area contributed by atoms with Crippen LogP contribution in [-0.4, -0.2) is 17.8 Å².